The molecule has 0 saturated carbocycles. The van der Waals surface area contributed by atoms with E-state index in [0.29, 0.717) is 28.3 Å². The zero-order chi connectivity index (χ0) is 21.1. The number of fused-ring (bicyclic) bond motifs is 1. The normalized spacial score (nSPS) is 12.8. The number of anilines is 2. The number of imide groups is 1. The monoisotopic (exact) mass is 416 g/mol. The van der Waals surface area contributed by atoms with Gasteiger partial charge in [0.15, 0.2) is 0 Å². The van der Waals surface area contributed by atoms with Gasteiger partial charge in [-0.05, 0) is 42.8 Å². The van der Waals surface area contributed by atoms with Crippen LogP contribution >= 0.6 is 11.8 Å². The van der Waals surface area contributed by atoms with E-state index < -0.39 is 0 Å². The second kappa shape index (κ2) is 8.55. The Morgan fingerprint density at radius 1 is 0.900 bits per heavy atom. The van der Waals surface area contributed by atoms with Crippen LogP contribution in [0.5, 0.6) is 0 Å². The van der Waals surface area contributed by atoms with Crippen LogP contribution in [0.1, 0.15) is 31.8 Å². The lowest BCUT2D eigenvalue weighted by atomic mass is 10.1. The fourth-order valence-electron chi connectivity index (χ4n) is 3.39. The average molecular weight is 417 g/mol. The van der Waals surface area contributed by atoms with Gasteiger partial charge in [-0.15, -0.1) is 11.8 Å². The summed E-state index contributed by atoms with van der Waals surface area (Å²) in [5.41, 5.74) is 4.05. The molecule has 0 bridgehead atoms. The molecule has 1 aliphatic heterocycles. The largest absolute Gasteiger partial charge is 0.325 e. The fraction of sp³-hybridized carbons (Fsp3) is 0.125. The van der Waals surface area contributed by atoms with Crippen LogP contribution in [0.15, 0.2) is 72.8 Å². The Hall–Kier alpha value is -3.38. The minimum atomic E-state index is -0.383. The molecule has 1 N–H and O–H groups in total. The Bertz CT molecular complexity index is 1130. The third kappa shape index (κ3) is 4.14. The summed E-state index contributed by atoms with van der Waals surface area (Å²) in [6.45, 7) is 2.04. The standard InChI is InChI=1S/C24H20N2O3S/c1-16-6-5-7-17(12-16)14-30-15-22(27)25-18-10-11-20-21(13-18)24(29)26(23(20)28)19-8-3-2-4-9-19/h2-13H,14-15H2,1H3,(H,25,27). The highest BCUT2D eigenvalue weighted by molar-refractivity contribution is 7.99. The van der Waals surface area contributed by atoms with E-state index in [4.69, 9.17) is 0 Å². The third-order valence-electron chi connectivity index (χ3n) is 4.77. The third-order valence-corrected chi connectivity index (χ3v) is 5.77. The molecule has 3 aromatic carbocycles. The van der Waals surface area contributed by atoms with E-state index in [1.54, 1.807) is 42.5 Å². The summed E-state index contributed by atoms with van der Waals surface area (Å²) < 4.78 is 0. The number of rotatable bonds is 6. The summed E-state index contributed by atoms with van der Waals surface area (Å²) in [6.07, 6.45) is 0. The molecule has 5 nitrogen and oxygen atoms in total. The van der Waals surface area contributed by atoms with E-state index >= 15 is 0 Å². The van der Waals surface area contributed by atoms with Crippen LogP contribution in [-0.4, -0.2) is 23.5 Å². The Kier molecular flexibility index (Phi) is 5.68. The molecule has 30 heavy (non-hydrogen) atoms. The maximum atomic E-state index is 12.8. The van der Waals surface area contributed by atoms with Gasteiger partial charge in [-0.3, -0.25) is 14.4 Å². The van der Waals surface area contributed by atoms with E-state index in [1.165, 1.54) is 22.9 Å². The second-order valence-electron chi connectivity index (χ2n) is 7.07. The lowest BCUT2D eigenvalue weighted by Gasteiger charge is -2.13. The Morgan fingerprint density at radius 3 is 2.43 bits per heavy atom. The Labute approximate surface area is 179 Å². The average Bonchev–Trinajstić information content (AvgIpc) is 2.98. The maximum absolute atomic E-state index is 12.8. The fourth-order valence-corrected chi connectivity index (χ4v) is 4.17. The van der Waals surface area contributed by atoms with Crippen molar-refractivity contribution in [1.82, 2.24) is 0 Å². The molecule has 0 atom stereocenters. The smallest absolute Gasteiger partial charge is 0.266 e. The van der Waals surface area contributed by atoms with Crippen molar-refractivity contribution in [2.75, 3.05) is 16.0 Å². The summed E-state index contributed by atoms with van der Waals surface area (Å²) in [4.78, 5) is 38.9. The number of nitrogens with one attached hydrogen (secondary N) is 1. The number of thioether (sulfide) groups is 1. The van der Waals surface area contributed by atoms with Crippen molar-refractivity contribution >= 4 is 40.9 Å². The van der Waals surface area contributed by atoms with Crippen LogP contribution in [0.25, 0.3) is 0 Å². The molecule has 6 heteroatoms. The summed E-state index contributed by atoms with van der Waals surface area (Å²) >= 11 is 1.53. The number of amides is 3. The predicted molar refractivity (Wildman–Crippen MR) is 120 cm³/mol. The van der Waals surface area contributed by atoms with Crippen molar-refractivity contribution in [1.29, 1.82) is 0 Å². The quantitative estimate of drug-likeness (QED) is 0.593. The Balaban J connectivity index is 1.40. The molecule has 0 spiro atoms. The number of para-hydroxylation sites is 1. The van der Waals surface area contributed by atoms with E-state index in [0.717, 1.165) is 10.7 Å². The lowest BCUT2D eigenvalue weighted by Crippen LogP contribution is -2.29. The number of aryl methyl sites for hydroxylation is 1. The van der Waals surface area contributed by atoms with Gasteiger partial charge in [-0.25, -0.2) is 4.90 Å². The van der Waals surface area contributed by atoms with Gasteiger partial charge in [-0.2, -0.15) is 0 Å². The molecular formula is C24H20N2O3S. The summed E-state index contributed by atoms with van der Waals surface area (Å²) in [7, 11) is 0. The van der Waals surface area contributed by atoms with Gasteiger partial charge >= 0.3 is 0 Å². The van der Waals surface area contributed by atoms with Crippen molar-refractivity contribution in [2.45, 2.75) is 12.7 Å². The van der Waals surface area contributed by atoms with Crippen molar-refractivity contribution in [3.63, 3.8) is 0 Å². The van der Waals surface area contributed by atoms with Crippen LogP contribution in [0.4, 0.5) is 11.4 Å². The number of carbonyl (C=O) groups is 3. The maximum Gasteiger partial charge on any atom is 0.266 e. The number of hydrogen-bond acceptors (Lipinski definition) is 4. The molecule has 0 aromatic heterocycles. The highest BCUT2D eigenvalue weighted by atomic mass is 32.2. The van der Waals surface area contributed by atoms with Crippen molar-refractivity contribution in [3.8, 4) is 0 Å². The van der Waals surface area contributed by atoms with Crippen LogP contribution in [0.3, 0.4) is 0 Å². The van der Waals surface area contributed by atoms with Gasteiger partial charge in [-0.1, -0.05) is 48.0 Å². The minimum Gasteiger partial charge on any atom is -0.325 e. The predicted octanol–water partition coefficient (Wildman–Crippen LogP) is 4.67. The second-order valence-corrected chi connectivity index (χ2v) is 8.06. The highest BCUT2D eigenvalue weighted by Gasteiger charge is 2.36. The molecule has 0 saturated heterocycles. The van der Waals surface area contributed by atoms with Crippen LogP contribution in [0, 0.1) is 6.92 Å². The number of benzene rings is 3. The first-order valence-corrected chi connectivity index (χ1v) is 10.7. The van der Waals surface area contributed by atoms with Gasteiger partial charge in [0.1, 0.15) is 0 Å². The topological polar surface area (TPSA) is 66.5 Å². The van der Waals surface area contributed by atoms with Crippen LogP contribution in [0.2, 0.25) is 0 Å². The molecule has 0 aliphatic carbocycles. The molecule has 0 unspecified atom stereocenters. The number of nitrogens with zero attached hydrogens (tertiary/aromatic N) is 1. The molecule has 0 radical (unpaired) electrons. The summed E-state index contributed by atoms with van der Waals surface area (Å²) in [5, 5.41) is 2.82. The number of hydrogen-bond donors (Lipinski definition) is 1. The first-order valence-electron chi connectivity index (χ1n) is 9.54. The zero-order valence-corrected chi connectivity index (χ0v) is 17.2. The first-order chi connectivity index (χ1) is 14.5. The van der Waals surface area contributed by atoms with Crippen molar-refractivity contribution < 1.29 is 14.4 Å². The molecule has 1 aliphatic rings. The first kappa shape index (κ1) is 19.9. The Morgan fingerprint density at radius 2 is 1.67 bits per heavy atom. The summed E-state index contributed by atoms with van der Waals surface area (Å²) in [6, 6.07) is 21.8. The van der Waals surface area contributed by atoms with Crippen LogP contribution < -0.4 is 10.2 Å². The molecule has 0 fully saturated rings. The van der Waals surface area contributed by atoms with Crippen molar-refractivity contribution in [3.05, 3.63) is 95.1 Å². The van der Waals surface area contributed by atoms with Gasteiger partial charge in [0.25, 0.3) is 11.8 Å². The highest BCUT2D eigenvalue weighted by Crippen LogP contribution is 2.30. The van der Waals surface area contributed by atoms with E-state index in [9.17, 15) is 14.4 Å². The lowest BCUT2D eigenvalue weighted by molar-refractivity contribution is -0.113. The molecule has 1 heterocycles. The zero-order valence-electron chi connectivity index (χ0n) is 16.4. The van der Waals surface area contributed by atoms with Gasteiger partial charge < -0.3 is 5.32 Å². The summed E-state index contributed by atoms with van der Waals surface area (Å²) in [5.74, 6) is 0.162. The van der Waals surface area contributed by atoms with E-state index in [1.807, 2.05) is 31.2 Å². The van der Waals surface area contributed by atoms with Gasteiger partial charge in [0, 0.05) is 11.4 Å². The van der Waals surface area contributed by atoms with Crippen molar-refractivity contribution in [2.24, 2.45) is 0 Å². The number of carbonyl (C=O) groups excluding carboxylic acids is 3. The van der Waals surface area contributed by atoms with Gasteiger partial charge in [0.2, 0.25) is 5.91 Å². The molecule has 4 rings (SSSR count). The molecule has 3 aromatic rings. The SMILES string of the molecule is Cc1cccc(CSCC(=O)Nc2ccc3c(c2)C(=O)N(c2ccccc2)C3=O)c1. The van der Waals surface area contributed by atoms with Gasteiger partial charge in [0.05, 0.1) is 22.6 Å². The minimum absolute atomic E-state index is 0.149. The molecule has 3 amide bonds. The van der Waals surface area contributed by atoms with E-state index in [2.05, 4.69) is 11.4 Å². The molecular weight excluding hydrogens is 396 g/mol. The van der Waals surface area contributed by atoms with Crippen LogP contribution in [-0.2, 0) is 10.5 Å². The van der Waals surface area contributed by atoms with E-state index in [-0.39, 0.29) is 17.7 Å². The molecule has 150 valence electrons.